The minimum absolute atomic E-state index is 0.111. The van der Waals surface area contributed by atoms with Crippen LogP contribution in [0.25, 0.3) is 11.3 Å². The summed E-state index contributed by atoms with van der Waals surface area (Å²) in [7, 11) is 1.57. The molecule has 0 atom stereocenters. The van der Waals surface area contributed by atoms with Crippen LogP contribution in [0.1, 0.15) is 41.4 Å². The van der Waals surface area contributed by atoms with E-state index in [1.54, 1.807) is 20.2 Å². The van der Waals surface area contributed by atoms with E-state index in [0.717, 1.165) is 30.0 Å². The molecule has 1 saturated heterocycles. The second kappa shape index (κ2) is 8.12. The minimum Gasteiger partial charge on any atom is -0.501 e. The summed E-state index contributed by atoms with van der Waals surface area (Å²) in [6, 6.07) is 11.5. The number of carbonyl (C=O) groups excluding carboxylic acids is 1. The number of methoxy groups -OCH3 is 1. The van der Waals surface area contributed by atoms with Crippen molar-refractivity contribution in [1.29, 1.82) is 0 Å². The van der Waals surface area contributed by atoms with E-state index in [1.165, 1.54) is 12.8 Å². The fraction of sp³-hybridized carbons (Fsp3) is 0.261. The van der Waals surface area contributed by atoms with Gasteiger partial charge in [-0.1, -0.05) is 43.5 Å². The third-order valence-corrected chi connectivity index (χ3v) is 5.05. The number of rotatable bonds is 7. The molecule has 1 fully saturated rings. The molecule has 4 nitrogen and oxygen atoms in total. The Morgan fingerprint density at radius 1 is 1.11 bits per heavy atom. The smallest absolute Gasteiger partial charge is 0.198 e. The van der Waals surface area contributed by atoms with Gasteiger partial charge in [-0.3, -0.25) is 4.79 Å². The SMILES string of the molecule is C=C(/C(C(=O)c1c[nH]c(C(=C)N2CCCC2)c1)=C(/C)OC)c1ccccc1. The molecule has 3 rings (SSSR count). The summed E-state index contributed by atoms with van der Waals surface area (Å²) in [5.41, 5.74) is 4.42. The molecule has 1 aromatic carbocycles. The van der Waals surface area contributed by atoms with Crippen molar-refractivity contribution >= 4 is 17.1 Å². The molecule has 0 unspecified atom stereocenters. The number of allylic oxidation sites excluding steroid dienone is 3. The molecule has 0 amide bonds. The van der Waals surface area contributed by atoms with Crippen LogP contribution in [-0.4, -0.2) is 35.9 Å². The van der Waals surface area contributed by atoms with Crippen LogP contribution in [0.2, 0.25) is 0 Å². The first kappa shape index (κ1) is 18.8. The molecule has 0 saturated carbocycles. The van der Waals surface area contributed by atoms with Crippen LogP contribution in [0, 0.1) is 0 Å². The molecule has 0 spiro atoms. The number of ketones is 1. The molecular weight excluding hydrogens is 336 g/mol. The summed E-state index contributed by atoms with van der Waals surface area (Å²) >= 11 is 0. The van der Waals surface area contributed by atoms with Crippen molar-refractivity contribution in [2.45, 2.75) is 19.8 Å². The lowest BCUT2D eigenvalue weighted by atomic mass is 9.93. The average Bonchev–Trinajstić information content (AvgIpc) is 3.40. The molecule has 0 bridgehead atoms. The maximum absolute atomic E-state index is 13.3. The Kier molecular flexibility index (Phi) is 5.65. The number of aromatic amines is 1. The van der Waals surface area contributed by atoms with Gasteiger partial charge in [0.05, 0.1) is 24.1 Å². The van der Waals surface area contributed by atoms with E-state index < -0.39 is 0 Å². The first-order valence-corrected chi connectivity index (χ1v) is 9.20. The quantitative estimate of drug-likeness (QED) is 0.330. The number of hydrogen-bond donors (Lipinski definition) is 1. The highest BCUT2D eigenvalue weighted by Gasteiger charge is 2.23. The molecule has 4 heteroatoms. The van der Waals surface area contributed by atoms with E-state index in [9.17, 15) is 4.79 Å². The van der Waals surface area contributed by atoms with Crippen LogP contribution in [0.15, 0.2) is 67.1 Å². The number of Topliss-reactive ketones (excluding diaryl/α,β-unsaturated/α-hetero) is 1. The second-order valence-electron chi connectivity index (χ2n) is 6.75. The molecule has 2 heterocycles. The number of carbonyl (C=O) groups is 1. The number of likely N-dealkylation sites (tertiary alicyclic amines) is 1. The van der Waals surface area contributed by atoms with E-state index in [0.29, 0.717) is 22.5 Å². The maximum Gasteiger partial charge on any atom is 0.198 e. The first-order chi connectivity index (χ1) is 13.0. The number of nitrogens with one attached hydrogen (secondary N) is 1. The largest absolute Gasteiger partial charge is 0.501 e. The van der Waals surface area contributed by atoms with Gasteiger partial charge in [0.1, 0.15) is 5.76 Å². The van der Waals surface area contributed by atoms with Gasteiger partial charge in [-0.2, -0.15) is 0 Å². The maximum atomic E-state index is 13.3. The monoisotopic (exact) mass is 362 g/mol. The normalized spacial score (nSPS) is 14.7. The van der Waals surface area contributed by atoms with E-state index >= 15 is 0 Å². The zero-order chi connectivity index (χ0) is 19.4. The third-order valence-electron chi connectivity index (χ3n) is 5.05. The van der Waals surface area contributed by atoms with Crippen LogP contribution in [0.4, 0.5) is 0 Å². The Labute approximate surface area is 160 Å². The van der Waals surface area contributed by atoms with Crippen LogP contribution < -0.4 is 0 Å². The molecule has 140 valence electrons. The highest BCUT2D eigenvalue weighted by Crippen LogP contribution is 2.29. The highest BCUT2D eigenvalue weighted by molar-refractivity contribution is 6.18. The first-order valence-electron chi connectivity index (χ1n) is 9.20. The number of ether oxygens (including phenoxy) is 1. The van der Waals surface area contributed by atoms with Crippen molar-refractivity contribution in [1.82, 2.24) is 9.88 Å². The predicted octanol–water partition coefficient (Wildman–Crippen LogP) is 4.90. The van der Waals surface area contributed by atoms with E-state index in [-0.39, 0.29) is 5.78 Å². The summed E-state index contributed by atoms with van der Waals surface area (Å²) in [5.74, 6) is 0.440. The standard InChI is InChI=1S/C23H26N2O2/c1-16(19-10-6-5-7-11-19)22(18(3)27-4)23(26)20-14-21(24-15-20)17(2)25-12-8-9-13-25/h5-7,10-11,14-15,24H,1-2,8-9,12-13H2,3-4H3/b22-18+. The summed E-state index contributed by atoms with van der Waals surface area (Å²) in [4.78, 5) is 18.7. The molecule has 1 aliphatic heterocycles. The van der Waals surface area contributed by atoms with Gasteiger partial charge in [0.2, 0.25) is 0 Å². The molecule has 1 aliphatic rings. The Morgan fingerprint density at radius 3 is 2.41 bits per heavy atom. The van der Waals surface area contributed by atoms with Crippen molar-refractivity contribution in [3.05, 3.63) is 83.9 Å². The number of aromatic nitrogens is 1. The molecule has 27 heavy (non-hydrogen) atoms. The zero-order valence-electron chi connectivity index (χ0n) is 16.0. The molecular formula is C23H26N2O2. The van der Waals surface area contributed by atoms with E-state index in [1.807, 2.05) is 36.4 Å². The Hall–Kier alpha value is -3.01. The molecule has 0 aliphatic carbocycles. The highest BCUT2D eigenvalue weighted by atomic mass is 16.5. The zero-order valence-corrected chi connectivity index (χ0v) is 16.0. The van der Waals surface area contributed by atoms with Gasteiger partial charge in [-0.25, -0.2) is 0 Å². The summed E-state index contributed by atoms with van der Waals surface area (Å²) in [5, 5.41) is 0. The summed E-state index contributed by atoms with van der Waals surface area (Å²) in [6.07, 6.45) is 4.10. The topological polar surface area (TPSA) is 45.3 Å². The molecule has 1 aromatic heterocycles. The van der Waals surface area contributed by atoms with Crippen molar-refractivity contribution < 1.29 is 9.53 Å². The van der Waals surface area contributed by atoms with E-state index in [4.69, 9.17) is 4.74 Å². The molecule has 2 aromatic rings. The summed E-state index contributed by atoms with van der Waals surface area (Å²) < 4.78 is 5.40. The van der Waals surface area contributed by atoms with Crippen molar-refractivity contribution in [3.63, 3.8) is 0 Å². The minimum atomic E-state index is -0.111. The fourth-order valence-corrected chi connectivity index (χ4v) is 3.39. The summed E-state index contributed by atoms with van der Waals surface area (Å²) in [6.45, 7) is 12.2. The second-order valence-corrected chi connectivity index (χ2v) is 6.75. The lowest BCUT2D eigenvalue weighted by molar-refractivity contribution is 0.103. The van der Waals surface area contributed by atoms with Crippen molar-refractivity contribution in [2.24, 2.45) is 0 Å². The van der Waals surface area contributed by atoms with Gasteiger partial charge in [-0.15, -0.1) is 0 Å². The van der Waals surface area contributed by atoms with Gasteiger partial charge < -0.3 is 14.6 Å². The Morgan fingerprint density at radius 2 is 1.78 bits per heavy atom. The van der Waals surface area contributed by atoms with Crippen LogP contribution >= 0.6 is 0 Å². The number of benzene rings is 1. The number of H-pyrrole nitrogens is 1. The van der Waals surface area contributed by atoms with Gasteiger partial charge in [-0.05, 0) is 37.0 Å². The van der Waals surface area contributed by atoms with Crippen LogP contribution in [-0.2, 0) is 4.74 Å². The van der Waals surface area contributed by atoms with E-state index in [2.05, 4.69) is 23.0 Å². The molecule has 0 radical (unpaired) electrons. The molecule has 1 N–H and O–H groups in total. The van der Waals surface area contributed by atoms with Gasteiger partial charge in [0.15, 0.2) is 5.78 Å². The van der Waals surface area contributed by atoms with Gasteiger partial charge >= 0.3 is 0 Å². The Bertz CT molecular complexity index is 884. The number of nitrogens with zero attached hydrogens (tertiary/aromatic N) is 1. The van der Waals surface area contributed by atoms with Gasteiger partial charge in [0.25, 0.3) is 0 Å². The third kappa shape index (κ3) is 3.90. The number of hydrogen-bond acceptors (Lipinski definition) is 3. The lowest BCUT2D eigenvalue weighted by Crippen LogP contribution is -2.16. The van der Waals surface area contributed by atoms with Crippen LogP contribution in [0.5, 0.6) is 0 Å². The van der Waals surface area contributed by atoms with Crippen molar-refractivity contribution in [2.75, 3.05) is 20.2 Å². The average molecular weight is 362 g/mol. The Balaban J connectivity index is 1.89. The van der Waals surface area contributed by atoms with Gasteiger partial charge in [0, 0.05) is 24.8 Å². The fourth-order valence-electron chi connectivity index (χ4n) is 3.39. The predicted molar refractivity (Wildman–Crippen MR) is 110 cm³/mol. The van der Waals surface area contributed by atoms with Crippen LogP contribution in [0.3, 0.4) is 0 Å². The van der Waals surface area contributed by atoms with Crippen molar-refractivity contribution in [3.8, 4) is 0 Å². The lowest BCUT2D eigenvalue weighted by Gasteiger charge is -2.19.